The molecule has 4 aliphatic rings. The Hall–Kier alpha value is -3.82. The number of rotatable bonds is 7. The molecule has 208 valence electrons. The maximum atomic E-state index is 11.4. The summed E-state index contributed by atoms with van der Waals surface area (Å²) in [6.07, 6.45) is -9.22. The summed E-state index contributed by atoms with van der Waals surface area (Å²) in [5.74, 6) is 0.136. The number of hydrogen-bond donors (Lipinski definition) is 4. The Morgan fingerprint density at radius 1 is 0.923 bits per heavy atom. The quantitative estimate of drug-likeness (QED) is 0.158. The third-order valence-electron chi connectivity index (χ3n) is 6.85. The molecule has 0 aliphatic carbocycles. The molecule has 4 heterocycles. The molecular formula is C25H24O14. The molecule has 1 fully saturated rings. The number of ether oxygens (including phenoxy) is 6. The van der Waals surface area contributed by atoms with Gasteiger partial charge in [0.05, 0.1) is 12.5 Å². The lowest BCUT2D eigenvalue weighted by Crippen LogP contribution is -2.59. The lowest BCUT2D eigenvalue weighted by Gasteiger charge is -2.39. The van der Waals surface area contributed by atoms with Gasteiger partial charge in [-0.3, -0.25) is 9.59 Å². The van der Waals surface area contributed by atoms with E-state index in [9.17, 15) is 24.9 Å². The number of fused-ring (bicyclic) bond motifs is 6. The smallest absolute Gasteiger partial charge is 0.317 e. The van der Waals surface area contributed by atoms with Crippen molar-refractivity contribution in [1.29, 1.82) is 0 Å². The van der Waals surface area contributed by atoms with Crippen molar-refractivity contribution in [1.82, 2.24) is 0 Å². The molecule has 0 aromatic heterocycles. The molecule has 39 heavy (non-hydrogen) atoms. The standard InChI is InChI=1S/C25H24O14/c26-19(27)6-20(28)33-8-18-21(29)22(30)24(25(31)37-18)39-38-10-1-2-14-12(3-10)23-13(7-32-14)11-4-16-17(35-9-34-16)5-15(11)36-23/h1-5,13,18,21-25,29-31H,6-9H2,(H,26,27). The second kappa shape index (κ2) is 10.1. The third-order valence-corrected chi connectivity index (χ3v) is 6.85. The number of carboxylic acids is 1. The summed E-state index contributed by atoms with van der Waals surface area (Å²) >= 11 is 0. The van der Waals surface area contributed by atoms with E-state index >= 15 is 0 Å². The number of benzene rings is 2. The monoisotopic (exact) mass is 548 g/mol. The summed E-state index contributed by atoms with van der Waals surface area (Å²) in [5.41, 5.74) is 1.62. The van der Waals surface area contributed by atoms with Gasteiger partial charge in [-0.25, -0.2) is 0 Å². The Morgan fingerprint density at radius 2 is 1.72 bits per heavy atom. The van der Waals surface area contributed by atoms with Gasteiger partial charge in [-0.15, -0.1) is 0 Å². The van der Waals surface area contributed by atoms with Crippen LogP contribution in [0.2, 0.25) is 0 Å². The van der Waals surface area contributed by atoms with Crippen LogP contribution in [0, 0.1) is 0 Å². The topological polar surface area (TPSA) is 189 Å². The van der Waals surface area contributed by atoms with E-state index in [0.717, 1.165) is 5.56 Å². The fraction of sp³-hybridized carbons (Fsp3) is 0.440. The van der Waals surface area contributed by atoms with Crippen molar-refractivity contribution in [3.05, 3.63) is 41.5 Å². The highest BCUT2D eigenvalue weighted by Crippen LogP contribution is 2.54. The number of carbonyl (C=O) groups excluding carboxylic acids is 1. The Morgan fingerprint density at radius 3 is 2.51 bits per heavy atom. The maximum Gasteiger partial charge on any atom is 0.317 e. The summed E-state index contributed by atoms with van der Waals surface area (Å²) in [5, 5.41) is 39.7. The largest absolute Gasteiger partial charge is 0.492 e. The highest BCUT2D eigenvalue weighted by Gasteiger charge is 2.47. The molecule has 0 saturated carbocycles. The summed E-state index contributed by atoms with van der Waals surface area (Å²) in [7, 11) is 0. The minimum absolute atomic E-state index is 0.106. The number of carboxylic acid groups (broad SMARTS) is 1. The molecule has 7 atom stereocenters. The average Bonchev–Trinajstić information content (AvgIpc) is 3.51. The second-order valence-electron chi connectivity index (χ2n) is 9.34. The molecule has 14 heteroatoms. The van der Waals surface area contributed by atoms with E-state index in [-0.39, 0.29) is 24.6 Å². The number of aliphatic hydroxyl groups excluding tert-OH is 3. The molecule has 0 radical (unpaired) electrons. The van der Waals surface area contributed by atoms with Gasteiger partial charge in [0.1, 0.15) is 48.9 Å². The van der Waals surface area contributed by atoms with Gasteiger partial charge in [-0.2, -0.15) is 4.89 Å². The lowest BCUT2D eigenvalue weighted by atomic mass is 9.89. The second-order valence-corrected chi connectivity index (χ2v) is 9.34. The minimum atomic E-state index is -1.77. The highest BCUT2D eigenvalue weighted by atomic mass is 17.2. The van der Waals surface area contributed by atoms with Crippen LogP contribution in [0.4, 0.5) is 0 Å². The van der Waals surface area contributed by atoms with Crippen LogP contribution in [0.15, 0.2) is 30.3 Å². The molecule has 1 saturated heterocycles. The Kier molecular flexibility index (Phi) is 6.56. The minimum Gasteiger partial charge on any atom is -0.492 e. The van der Waals surface area contributed by atoms with Crippen molar-refractivity contribution in [2.45, 2.75) is 49.1 Å². The fourth-order valence-electron chi connectivity index (χ4n) is 4.90. The zero-order valence-corrected chi connectivity index (χ0v) is 20.1. The zero-order chi connectivity index (χ0) is 27.3. The molecule has 14 nitrogen and oxygen atoms in total. The predicted molar refractivity (Wildman–Crippen MR) is 122 cm³/mol. The summed E-state index contributed by atoms with van der Waals surface area (Å²) < 4.78 is 33.0. The summed E-state index contributed by atoms with van der Waals surface area (Å²) in [6.45, 7) is -0.0465. The Labute approximate surface area is 220 Å². The number of hydrogen-bond acceptors (Lipinski definition) is 13. The number of aliphatic hydroxyl groups is 3. The van der Waals surface area contributed by atoms with Gasteiger partial charge >= 0.3 is 11.9 Å². The van der Waals surface area contributed by atoms with Gasteiger partial charge < -0.3 is 53.7 Å². The van der Waals surface area contributed by atoms with Gasteiger partial charge in [0.15, 0.2) is 29.6 Å². The van der Waals surface area contributed by atoms with E-state index in [4.69, 9.17) is 43.3 Å². The van der Waals surface area contributed by atoms with E-state index in [2.05, 4.69) is 0 Å². The predicted octanol–water partition coefficient (Wildman–Crippen LogP) is 0.161. The molecule has 7 unspecified atom stereocenters. The molecule has 0 spiro atoms. The summed E-state index contributed by atoms with van der Waals surface area (Å²) in [6, 6.07) is 8.54. The van der Waals surface area contributed by atoms with Gasteiger partial charge in [0, 0.05) is 17.2 Å². The van der Waals surface area contributed by atoms with E-state index in [1.807, 2.05) is 6.07 Å². The van der Waals surface area contributed by atoms with Crippen molar-refractivity contribution in [3.8, 4) is 28.7 Å². The molecule has 2 aromatic rings. The number of aliphatic carboxylic acids is 1. The molecule has 0 bridgehead atoms. The van der Waals surface area contributed by atoms with E-state index in [0.29, 0.717) is 35.2 Å². The lowest BCUT2D eigenvalue weighted by molar-refractivity contribution is -0.365. The van der Waals surface area contributed by atoms with Crippen LogP contribution in [0.25, 0.3) is 0 Å². The van der Waals surface area contributed by atoms with Crippen molar-refractivity contribution in [2.75, 3.05) is 20.0 Å². The molecular weight excluding hydrogens is 524 g/mol. The Balaban J connectivity index is 1.10. The van der Waals surface area contributed by atoms with Gasteiger partial charge in [0.2, 0.25) is 6.79 Å². The van der Waals surface area contributed by atoms with Crippen LogP contribution in [-0.4, -0.2) is 83.1 Å². The van der Waals surface area contributed by atoms with Gasteiger partial charge in [0.25, 0.3) is 0 Å². The molecule has 4 N–H and O–H groups in total. The molecule has 6 rings (SSSR count). The van der Waals surface area contributed by atoms with Crippen LogP contribution in [-0.2, 0) is 24.0 Å². The van der Waals surface area contributed by atoms with E-state index < -0.39 is 55.7 Å². The van der Waals surface area contributed by atoms with Crippen LogP contribution in [0.3, 0.4) is 0 Å². The average molecular weight is 548 g/mol. The normalized spacial score (nSPS) is 29.8. The van der Waals surface area contributed by atoms with Crippen LogP contribution in [0.5, 0.6) is 28.7 Å². The number of carbonyl (C=O) groups is 2. The Bertz CT molecular complexity index is 1280. The maximum absolute atomic E-state index is 11.4. The molecule has 4 aliphatic heterocycles. The van der Waals surface area contributed by atoms with Crippen molar-refractivity contribution in [3.63, 3.8) is 0 Å². The van der Waals surface area contributed by atoms with E-state index in [1.54, 1.807) is 24.3 Å². The third kappa shape index (κ3) is 4.77. The fourth-order valence-corrected chi connectivity index (χ4v) is 4.90. The van der Waals surface area contributed by atoms with Gasteiger partial charge in [-0.1, -0.05) is 0 Å². The van der Waals surface area contributed by atoms with E-state index in [1.165, 1.54) is 0 Å². The van der Waals surface area contributed by atoms with Crippen molar-refractivity contribution in [2.24, 2.45) is 0 Å². The first kappa shape index (κ1) is 25.5. The number of esters is 1. The molecule has 0 amide bonds. The van der Waals surface area contributed by atoms with Crippen LogP contribution >= 0.6 is 0 Å². The first-order chi connectivity index (χ1) is 18.8. The van der Waals surface area contributed by atoms with Crippen LogP contribution < -0.4 is 23.8 Å². The zero-order valence-electron chi connectivity index (χ0n) is 20.1. The first-order valence-electron chi connectivity index (χ1n) is 12.1. The van der Waals surface area contributed by atoms with Crippen molar-refractivity contribution >= 4 is 11.9 Å². The van der Waals surface area contributed by atoms with Crippen LogP contribution in [0.1, 0.15) is 29.6 Å². The van der Waals surface area contributed by atoms with Crippen molar-refractivity contribution < 1.29 is 68.2 Å². The SMILES string of the molecule is O=C(O)CC(=O)OCC1OC(O)C(OOc2ccc3c(c2)C2Oc4cc5c(cc4C2CO3)OCO5)C(O)C1O. The first-order valence-corrected chi connectivity index (χ1v) is 12.1. The van der Waals surface area contributed by atoms with Gasteiger partial charge in [-0.05, 0) is 24.3 Å². The molecule has 2 aromatic carbocycles. The highest BCUT2D eigenvalue weighted by molar-refractivity contribution is 5.90. The summed E-state index contributed by atoms with van der Waals surface area (Å²) in [4.78, 5) is 32.6.